The van der Waals surface area contributed by atoms with Crippen molar-refractivity contribution in [1.82, 2.24) is 19.7 Å². The number of likely N-dealkylation sites (tertiary alicyclic amines) is 1. The van der Waals surface area contributed by atoms with Gasteiger partial charge in [0.05, 0.1) is 23.9 Å². The number of benzene rings is 1. The van der Waals surface area contributed by atoms with Crippen molar-refractivity contribution >= 4 is 17.4 Å². The topological polar surface area (TPSA) is 109 Å². The summed E-state index contributed by atoms with van der Waals surface area (Å²) in [5, 5.41) is 17.7. The maximum absolute atomic E-state index is 16.2. The zero-order valence-electron chi connectivity index (χ0n) is 21.1. The second kappa shape index (κ2) is 9.13. The quantitative estimate of drug-likeness (QED) is 0.462. The van der Waals surface area contributed by atoms with Gasteiger partial charge in [-0.25, -0.2) is 9.37 Å². The summed E-state index contributed by atoms with van der Waals surface area (Å²) in [4.78, 5) is 20.2. The summed E-state index contributed by atoms with van der Waals surface area (Å²) in [5.74, 6) is -0.180. The number of nitrogens with two attached hydrogens (primary N) is 1. The van der Waals surface area contributed by atoms with Crippen LogP contribution < -0.4 is 11.1 Å². The van der Waals surface area contributed by atoms with E-state index in [9.17, 15) is 9.90 Å². The number of nitrogens with zero attached hydrogens (tertiary/aromatic N) is 4. The third-order valence-electron chi connectivity index (χ3n) is 8.54. The monoisotopic (exact) mass is 504 g/mol. The van der Waals surface area contributed by atoms with Crippen LogP contribution in [0.25, 0.3) is 11.1 Å². The number of aromatic nitrogens is 3. The first-order valence-electron chi connectivity index (χ1n) is 13.2. The van der Waals surface area contributed by atoms with Crippen molar-refractivity contribution < 1.29 is 14.3 Å². The molecule has 0 radical (unpaired) electrons. The molecule has 9 heteroatoms. The molecule has 0 unspecified atom stereocenters. The number of aryl methyl sites for hydroxylation is 1. The molecule has 194 valence electrons. The van der Waals surface area contributed by atoms with Crippen LogP contribution in [0.3, 0.4) is 0 Å². The van der Waals surface area contributed by atoms with E-state index in [1.165, 1.54) is 0 Å². The number of fused-ring (bicyclic) bond motifs is 2. The number of amides is 1. The van der Waals surface area contributed by atoms with E-state index in [0.717, 1.165) is 68.4 Å². The molecule has 1 aromatic carbocycles. The molecule has 4 heterocycles. The predicted molar refractivity (Wildman–Crippen MR) is 140 cm³/mol. The Morgan fingerprint density at radius 3 is 2.78 bits per heavy atom. The number of rotatable bonds is 3. The first kappa shape index (κ1) is 23.9. The van der Waals surface area contributed by atoms with Crippen LogP contribution in [0.1, 0.15) is 72.5 Å². The Morgan fingerprint density at radius 2 is 2.03 bits per heavy atom. The predicted octanol–water partition coefficient (Wildman–Crippen LogP) is 4.17. The highest BCUT2D eigenvalue weighted by molar-refractivity contribution is 6.01. The van der Waals surface area contributed by atoms with Crippen molar-refractivity contribution in [3.63, 3.8) is 0 Å². The van der Waals surface area contributed by atoms with E-state index >= 15 is 4.39 Å². The van der Waals surface area contributed by atoms with Crippen LogP contribution in [0.2, 0.25) is 0 Å². The number of aliphatic hydroxyl groups excluding tert-OH is 1. The number of nitrogen functional groups attached to an aromatic ring is 1. The van der Waals surface area contributed by atoms with Gasteiger partial charge in [0, 0.05) is 65.9 Å². The van der Waals surface area contributed by atoms with Crippen LogP contribution >= 0.6 is 0 Å². The molecule has 6 rings (SSSR count). The molecule has 4 N–H and O–H groups in total. The fraction of sp³-hybridized carbons (Fsp3) is 0.464. The number of carbonyl (C=O) groups excluding carboxylic acids is 1. The summed E-state index contributed by atoms with van der Waals surface area (Å²) in [5.41, 5.74) is 9.13. The fourth-order valence-electron chi connectivity index (χ4n) is 6.41. The number of nitrogens with one attached hydrogen (secondary N) is 1. The highest BCUT2D eigenvalue weighted by atomic mass is 19.1. The van der Waals surface area contributed by atoms with Crippen LogP contribution in [0.15, 0.2) is 36.8 Å². The molecular weight excluding hydrogens is 471 g/mol. The Kier molecular flexibility index (Phi) is 5.90. The van der Waals surface area contributed by atoms with Crippen LogP contribution in [0.4, 0.5) is 15.9 Å². The molecule has 1 saturated heterocycles. The average molecular weight is 505 g/mol. The van der Waals surface area contributed by atoms with Gasteiger partial charge in [0.25, 0.3) is 5.91 Å². The van der Waals surface area contributed by atoms with E-state index in [1.807, 2.05) is 19.3 Å². The molecule has 0 bridgehead atoms. The molecule has 1 atom stereocenters. The Balaban J connectivity index is 1.36. The van der Waals surface area contributed by atoms with E-state index in [0.29, 0.717) is 17.7 Å². The van der Waals surface area contributed by atoms with Crippen molar-refractivity contribution in [3.05, 3.63) is 59.3 Å². The summed E-state index contributed by atoms with van der Waals surface area (Å²) in [6.07, 6.45) is 10.9. The molecule has 2 aromatic heterocycles. The molecule has 1 saturated carbocycles. The van der Waals surface area contributed by atoms with Gasteiger partial charge in [-0.1, -0.05) is 0 Å². The van der Waals surface area contributed by atoms with Crippen LogP contribution in [0.5, 0.6) is 0 Å². The SMILES string of the molecule is Cn1cc([C@@H]2CCCCN2C(=O)c2c(N)ccc(-c3cnc4c(c3)C3(CCC(O)CC3)CN4)c2F)cn1. The van der Waals surface area contributed by atoms with Gasteiger partial charge in [0.2, 0.25) is 0 Å². The number of carbonyl (C=O) groups is 1. The van der Waals surface area contributed by atoms with E-state index in [2.05, 4.69) is 15.4 Å². The molecule has 1 amide bonds. The fourth-order valence-corrected chi connectivity index (χ4v) is 6.41. The van der Waals surface area contributed by atoms with Gasteiger partial charge in [-0.3, -0.25) is 9.48 Å². The van der Waals surface area contributed by atoms with Gasteiger partial charge in [-0.15, -0.1) is 0 Å². The maximum atomic E-state index is 16.2. The Labute approximate surface area is 215 Å². The minimum atomic E-state index is -0.610. The van der Waals surface area contributed by atoms with Crippen molar-refractivity contribution in [3.8, 4) is 11.1 Å². The Hall–Kier alpha value is -3.46. The average Bonchev–Trinajstić information content (AvgIpc) is 3.49. The summed E-state index contributed by atoms with van der Waals surface area (Å²) in [6.45, 7) is 1.31. The molecule has 2 fully saturated rings. The second-order valence-electron chi connectivity index (χ2n) is 10.8. The molecule has 1 aliphatic carbocycles. The number of aliphatic hydroxyl groups is 1. The van der Waals surface area contributed by atoms with Crippen LogP contribution in [-0.2, 0) is 12.5 Å². The first-order chi connectivity index (χ1) is 17.9. The van der Waals surface area contributed by atoms with Gasteiger partial charge in [-0.05, 0) is 63.1 Å². The van der Waals surface area contributed by atoms with E-state index in [4.69, 9.17) is 5.73 Å². The van der Waals surface area contributed by atoms with Crippen molar-refractivity contribution in [2.45, 2.75) is 62.5 Å². The van der Waals surface area contributed by atoms with Gasteiger partial charge in [0.1, 0.15) is 11.6 Å². The molecule has 3 aliphatic rings. The van der Waals surface area contributed by atoms with Crippen molar-refractivity contribution in [2.75, 3.05) is 24.1 Å². The molecule has 8 nitrogen and oxygen atoms in total. The highest BCUT2D eigenvalue weighted by Gasteiger charge is 2.42. The van der Waals surface area contributed by atoms with E-state index in [1.54, 1.807) is 34.1 Å². The number of hydrogen-bond acceptors (Lipinski definition) is 6. The van der Waals surface area contributed by atoms with Gasteiger partial charge < -0.3 is 21.1 Å². The summed E-state index contributed by atoms with van der Waals surface area (Å²) in [6, 6.07) is 5.10. The van der Waals surface area contributed by atoms with Crippen molar-refractivity contribution in [1.29, 1.82) is 0 Å². The maximum Gasteiger partial charge on any atom is 0.259 e. The summed E-state index contributed by atoms with van der Waals surface area (Å²) >= 11 is 0. The lowest BCUT2D eigenvalue weighted by Crippen LogP contribution is -2.39. The third-order valence-corrected chi connectivity index (χ3v) is 8.54. The highest BCUT2D eigenvalue weighted by Crippen LogP contribution is 2.47. The standard InChI is InChI=1S/C28H33FN6O2/c1-34-15-18(14-33-34)23-4-2-3-11-35(23)27(37)24-22(30)6-5-20(25(24)29)17-12-21-26(31-13-17)32-16-28(21)9-7-19(36)8-10-28/h5-6,12-15,19,23,36H,2-4,7-11,16,30H2,1H3,(H,31,32)/t19?,23-,28?/m0/s1. The molecular formula is C28H33FN6O2. The Morgan fingerprint density at radius 1 is 1.22 bits per heavy atom. The van der Waals surface area contributed by atoms with Gasteiger partial charge >= 0.3 is 0 Å². The minimum Gasteiger partial charge on any atom is -0.398 e. The number of anilines is 2. The molecule has 1 spiro atoms. The largest absolute Gasteiger partial charge is 0.398 e. The second-order valence-corrected chi connectivity index (χ2v) is 10.8. The number of piperidine rings is 1. The van der Waals surface area contributed by atoms with Crippen molar-refractivity contribution in [2.24, 2.45) is 7.05 Å². The summed E-state index contributed by atoms with van der Waals surface area (Å²) < 4.78 is 17.9. The minimum absolute atomic E-state index is 0.0811. The normalized spacial score (nSPS) is 25.2. The third kappa shape index (κ3) is 4.05. The summed E-state index contributed by atoms with van der Waals surface area (Å²) in [7, 11) is 1.85. The number of halogens is 1. The number of hydrogen-bond donors (Lipinski definition) is 3. The molecule has 37 heavy (non-hydrogen) atoms. The van der Waals surface area contributed by atoms with E-state index < -0.39 is 5.82 Å². The lowest BCUT2D eigenvalue weighted by atomic mass is 9.70. The van der Waals surface area contributed by atoms with Gasteiger partial charge in [-0.2, -0.15) is 5.10 Å². The first-order valence-corrected chi connectivity index (χ1v) is 13.2. The van der Waals surface area contributed by atoms with Crippen LogP contribution in [-0.4, -0.2) is 49.9 Å². The smallest absolute Gasteiger partial charge is 0.259 e. The Bertz CT molecular complexity index is 1350. The molecule has 2 aliphatic heterocycles. The lowest BCUT2D eigenvalue weighted by Gasteiger charge is -2.36. The number of pyridine rings is 1. The van der Waals surface area contributed by atoms with E-state index in [-0.39, 0.29) is 34.7 Å². The zero-order valence-corrected chi connectivity index (χ0v) is 21.1. The van der Waals surface area contributed by atoms with Gasteiger partial charge in [0.15, 0.2) is 0 Å². The van der Waals surface area contributed by atoms with Crippen LogP contribution in [0, 0.1) is 5.82 Å². The lowest BCUT2D eigenvalue weighted by molar-refractivity contribution is 0.0608. The zero-order chi connectivity index (χ0) is 25.7. The molecule has 3 aromatic rings.